The van der Waals surface area contributed by atoms with Crippen LogP contribution in [0.1, 0.15) is 39.5 Å². The Morgan fingerprint density at radius 3 is 2.91 bits per heavy atom. The third-order valence-corrected chi connectivity index (χ3v) is 2.78. The Morgan fingerprint density at radius 2 is 2.09 bits per heavy atom. The van der Waals surface area contributed by atoms with Gasteiger partial charge in [0.1, 0.15) is 0 Å². The number of hydrogen-bond acceptors (Lipinski definition) is 0. The van der Waals surface area contributed by atoms with Crippen LogP contribution in [-0.4, -0.2) is 0 Å². The van der Waals surface area contributed by atoms with Gasteiger partial charge in [0.2, 0.25) is 0 Å². The van der Waals surface area contributed by atoms with E-state index in [0.717, 1.165) is 0 Å². The first-order valence-electron chi connectivity index (χ1n) is 4.57. The summed E-state index contributed by atoms with van der Waals surface area (Å²) in [6, 6.07) is 0. The highest BCUT2D eigenvalue weighted by molar-refractivity contribution is 5.35. The molecule has 2 rings (SSSR count). The molecule has 0 radical (unpaired) electrons. The molecule has 0 saturated heterocycles. The van der Waals surface area contributed by atoms with E-state index in [4.69, 9.17) is 0 Å². The molecule has 0 unspecified atom stereocenters. The molecule has 0 nitrogen and oxygen atoms in total. The van der Waals surface area contributed by atoms with Gasteiger partial charge < -0.3 is 0 Å². The highest BCUT2D eigenvalue weighted by Crippen LogP contribution is 2.40. The van der Waals surface area contributed by atoms with Crippen LogP contribution in [0.5, 0.6) is 0 Å². The molecule has 2 aliphatic rings. The lowest BCUT2D eigenvalue weighted by Gasteiger charge is -2.25. The van der Waals surface area contributed by atoms with Gasteiger partial charge in [0.05, 0.1) is 0 Å². The minimum absolute atomic E-state index is 0.434. The smallest absolute Gasteiger partial charge is 0.0134 e. The van der Waals surface area contributed by atoms with Crippen molar-refractivity contribution in [1.82, 2.24) is 0 Å². The molecule has 60 valence electrons. The van der Waals surface area contributed by atoms with Crippen molar-refractivity contribution in [1.29, 1.82) is 0 Å². The van der Waals surface area contributed by atoms with Crippen LogP contribution >= 0.6 is 0 Å². The fourth-order valence-electron chi connectivity index (χ4n) is 2.17. The standard InChI is InChI=1S/C11H16/c1-11(2)7-6-9-4-3-5-10(9)8-11/h6-7H,3-5,8H2,1-2H3. The summed E-state index contributed by atoms with van der Waals surface area (Å²) in [5.74, 6) is 0. The molecule has 0 heterocycles. The summed E-state index contributed by atoms with van der Waals surface area (Å²) in [7, 11) is 0. The Morgan fingerprint density at radius 1 is 1.27 bits per heavy atom. The molecule has 0 aromatic heterocycles. The zero-order chi connectivity index (χ0) is 7.90. The minimum Gasteiger partial charge on any atom is -0.0783 e. The number of hydrogen-bond donors (Lipinski definition) is 0. The van der Waals surface area contributed by atoms with Gasteiger partial charge in [0.15, 0.2) is 0 Å². The highest BCUT2D eigenvalue weighted by Gasteiger charge is 2.24. The molecule has 0 spiro atoms. The molecular weight excluding hydrogens is 132 g/mol. The lowest BCUT2D eigenvalue weighted by atomic mass is 9.80. The molecule has 0 atom stereocenters. The van der Waals surface area contributed by atoms with Crippen molar-refractivity contribution in [2.75, 3.05) is 0 Å². The van der Waals surface area contributed by atoms with E-state index in [1.54, 1.807) is 11.1 Å². The van der Waals surface area contributed by atoms with Crippen molar-refractivity contribution in [2.24, 2.45) is 5.41 Å². The van der Waals surface area contributed by atoms with Crippen molar-refractivity contribution in [3.63, 3.8) is 0 Å². The molecule has 0 heteroatoms. The van der Waals surface area contributed by atoms with Crippen molar-refractivity contribution >= 4 is 0 Å². The monoisotopic (exact) mass is 148 g/mol. The molecule has 2 aliphatic carbocycles. The Labute approximate surface area is 69.0 Å². The average molecular weight is 148 g/mol. The zero-order valence-electron chi connectivity index (χ0n) is 7.48. The maximum absolute atomic E-state index is 2.37. The van der Waals surface area contributed by atoms with Gasteiger partial charge in [-0.3, -0.25) is 0 Å². The minimum atomic E-state index is 0.434. The molecule has 0 aliphatic heterocycles. The summed E-state index contributed by atoms with van der Waals surface area (Å²) >= 11 is 0. The van der Waals surface area contributed by atoms with E-state index in [1.165, 1.54) is 25.7 Å². The molecule has 0 fully saturated rings. The van der Waals surface area contributed by atoms with Gasteiger partial charge in [-0.05, 0) is 36.7 Å². The second kappa shape index (κ2) is 2.23. The normalized spacial score (nSPS) is 27.5. The third-order valence-electron chi connectivity index (χ3n) is 2.78. The first-order chi connectivity index (χ1) is 5.17. The van der Waals surface area contributed by atoms with Crippen molar-refractivity contribution < 1.29 is 0 Å². The van der Waals surface area contributed by atoms with Crippen molar-refractivity contribution in [3.8, 4) is 0 Å². The number of rotatable bonds is 0. The van der Waals surface area contributed by atoms with E-state index in [-0.39, 0.29) is 0 Å². The van der Waals surface area contributed by atoms with Gasteiger partial charge in [-0.15, -0.1) is 0 Å². The van der Waals surface area contributed by atoms with Gasteiger partial charge in [-0.25, -0.2) is 0 Å². The van der Waals surface area contributed by atoms with Crippen LogP contribution in [0.25, 0.3) is 0 Å². The maximum Gasteiger partial charge on any atom is -0.0134 e. The molecule has 11 heavy (non-hydrogen) atoms. The summed E-state index contributed by atoms with van der Waals surface area (Å²) < 4.78 is 0. The van der Waals surface area contributed by atoms with E-state index < -0.39 is 0 Å². The molecule has 0 N–H and O–H groups in total. The van der Waals surface area contributed by atoms with Gasteiger partial charge in [0.25, 0.3) is 0 Å². The van der Waals surface area contributed by atoms with Crippen molar-refractivity contribution in [2.45, 2.75) is 39.5 Å². The zero-order valence-corrected chi connectivity index (χ0v) is 7.48. The van der Waals surface area contributed by atoms with Crippen LogP contribution in [0.3, 0.4) is 0 Å². The molecule has 0 amide bonds. The maximum atomic E-state index is 2.37. The predicted molar refractivity (Wildman–Crippen MR) is 48.4 cm³/mol. The topological polar surface area (TPSA) is 0 Å². The van der Waals surface area contributed by atoms with Crippen LogP contribution in [-0.2, 0) is 0 Å². The second-order valence-corrected chi connectivity index (χ2v) is 4.48. The Balaban J connectivity index is 2.25. The molecule has 0 bridgehead atoms. The van der Waals surface area contributed by atoms with E-state index in [9.17, 15) is 0 Å². The lowest BCUT2D eigenvalue weighted by Crippen LogP contribution is -2.11. The predicted octanol–water partition coefficient (Wildman–Crippen LogP) is 3.45. The second-order valence-electron chi connectivity index (χ2n) is 4.48. The Kier molecular flexibility index (Phi) is 1.45. The van der Waals surface area contributed by atoms with E-state index in [2.05, 4.69) is 26.0 Å². The quantitative estimate of drug-likeness (QED) is 0.493. The van der Waals surface area contributed by atoms with Crippen LogP contribution in [0.4, 0.5) is 0 Å². The SMILES string of the molecule is CC1(C)C=CC2=C(CCC2)C1. The van der Waals surface area contributed by atoms with Crippen molar-refractivity contribution in [3.05, 3.63) is 23.3 Å². The van der Waals surface area contributed by atoms with E-state index in [0.29, 0.717) is 5.41 Å². The van der Waals surface area contributed by atoms with Crippen LogP contribution in [0.2, 0.25) is 0 Å². The van der Waals surface area contributed by atoms with Gasteiger partial charge in [-0.2, -0.15) is 0 Å². The van der Waals surface area contributed by atoms with Crippen LogP contribution < -0.4 is 0 Å². The Hall–Kier alpha value is -0.520. The average Bonchev–Trinajstić information content (AvgIpc) is 2.31. The summed E-state index contributed by atoms with van der Waals surface area (Å²) in [6.07, 6.45) is 10.1. The highest BCUT2D eigenvalue weighted by atomic mass is 14.3. The third kappa shape index (κ3) is 1.26. The largest absolute Gasteiger partial charge is 0.0783 e. The summed E-state index contributed by atoms with van der Waals surface area (Å²) in [5.41, 5.74) is 3.81. The van der Waals surface area contributed by atoms with E-state index >= 15 is 0 Å². The molecule has 0 aromatic rings. The first-order valence-corrected chi connectivity index (χ1v) is 4.57. The number of allylic oxidation sites excluding steroid dienone is 4. The van der Waals surface area contributed by atoms with Crippen LogP contribution in [0, 0.1) is 5.41 Å². The van der Waals surface area contributed by atoms with E-state index in [1.807, 2.05) is 0 Å². The summed E-state index contributed by atoms with van der Waals surface area (Å²) in [4.78, 5) is 0. The fraction of sp³-hybridized carbons (Fsp3) is 0.636. The molecular formula is C11H16. The van der Waals surface area contributed by atoms with Gasteiger partial charge in [0, 0.05) is 0 Å². The lowest BCUT2D eigenvalue weighted by molar-refractivity contribution is 0.464. The van der Waals surface area contributed by atoms with Gasteiger partial charge in [-0.1, -0.05) is 31.6 Å². The molecule has 0 aromatic carbocycles. The van der Waals surface area contributed by atoms with Crippen LogP contribution in [0.15, 0.2) is 23.3 Å². The summed E-state index contributed by atoms with van der Waals surface area (Å²) in [6.45, 7) is 4.65. The summed E-state index contributed by atoms with van der Waals surface area (Å²) in [5, 5.41) is 0. The first kappa shape index (κ1) is 7.15. The van der Waals surface area contributed by atoms with Gasteiger partial charge >= 0.3 is 0 Å². The molecule has 0 saturated carbocycles. The fourth-order valence-corrected chi connectivity index (χ4v) is 2.17. The Bertz CT molecular complexity index is 228.